The molecular weight excluding hydrogens is 319 g/mol. The molecule has 0 amide bonds. The van der Waals surface area contributed by atoms with E-state index in [9.17, 15) is 17.9 Å². The van der Waals surface area contributed by atoms with Crippen LogP contribution in [0.2, 0.25) is 5.02 Å². The Balaban J connectivity index is 2.38. The Morgan fingerprint density at radius 2 is 2.14 bits per heavy atom. The van der Waals surface area contributed by atoms with E-state index in [1.807, 2.05) is 6.92 Å². The third-order valence-electron chi connectivity index (χ3n) is 2.97. The molecule has 114 valence electrons. The zero-order chi connectivity index (χ0) is 15.6. The standard InChI is InChI=1S/C13H14ClFN2O3S/c1-2-17-7-10(6-9(17)8-18)21(19,20)16-12-5-3-4-11(14)13(12)15/h3-7,16,18H,2,8H2,1H3. The third-order valence-corrected chi connectivity index (χ3v) is 4.59. The molecule has 5 nitrogen and oxygen atoms in total. The summed E-state index contributed by atoms with van der Waals surface area (Å²) in [5, 5.41) is 9.02. The summed E-state index contributed by atoms with van der Waals surface area (Å²) in [5.41, 5.74) is 0.238. The molecule has 0 aliphatic carbocycles. The molecule has 1 aromatic carbocycles. The van der Waals surface area contributed by atoms with E-state index < -0.39 is 15.8 Å². The summed E-state index contributed by atoms with van der Waals surface area (Å²) in [6.07, 6.45) is 1.39. The molecule has 0 saturated heterocycles. The van der Waals surface area contributed by atoms with Crippen molar-refractivity contribution in [3.05, 3.63) is 47.0 Å². The Labute approximate surface area is 127 Å². The Morgan fingerprint density at radius 1 is 1.43 bits per heavy atom. The average molecular weight is 333 g/mol. The van der Waals surface area contributed by atoms with Crippen molar-refractivity contribution < 1.29 is 17.9 Å². The van der Waals surface area contributed by atoms with E-state index in [0.717, 1.165) is 0 Å². The first kappa shape index (κ1) is 15.8. The van der Waals surface area contributed by atoms with E-state index in [1.165, 1.54) is 30.5 Å². The minimum absolute atomic E-state index is 0.0484. The molecule has 0 bridgehead atoms. The monoisotopic (exact) mass is 332 g/mol. The molecule has 0 unspecified atom stereocenters. The molecule has 0 atom stereocenters. The Morgan fingerprint density at radius 3 is 2.71 bits per heavy atom. The molecule has 0 spiro atoms. The average Bonchev–Trinajstić information content (AvgIpc) is 2.88. The molecule has 1 heterocycles. The third kappa shape index (κ3) is 3.20. The predicted octanol–water partition coefficient (Wildman–Crippen LogP) is 2.59. The number of aryl methyl sites for hydroxylation is 1. The summed E-state index contributed by atoms with van der Waals surface area (Å²) in [4.78, 5) is -0.0484. The van der Waals surface area contributed by atoms with Crippen molar-refractivity contribution in [2.75, 3.05) is 4.72 Å². The van der Waals surface area contributed by atoms with Crippen LogP contribution in [0, 0.1) is 5.82 Å². The second kappa shape index (κ2) is 6.05. The van der Waals surface area contributed by atoms with Gasteiger partial charge in [0.05, 0.1) is 17.3 Å². The highest BCUT2D eigenvalue weighted by Crippen LogP contribution is 2.25. The lowest BCUT2D eigenvalue weighted by Gasteiger charge is -2.08. The molecular formula is C13H14ClFN2O3S. The number of hydrogen-bond acceptors (Lipinski definition) is 3. The lowest BCUT2D eigenvalue weighted by Crippen LogP contribution is -2.13. The van der Waals surface area contributed by atoms with Crippen molar-refractivity contribution in [3.8, 4) is 0 Å². The van der Waals surface area contributed by atoms with Crippen LogP contribution >= 0.6 is 11.6 Å². The van der Waals surface area contributed by atoms with Gasteiger partial charge in [0, 0.05) is 18.4 Å². The van der Waals surface area contributed by atoms with Gasteiger partial charge in [-0.1, -0.05) is 17.7 Å². The molecule has 8 heteroatoms. The van der Waals surface area contributed by atoms with Gasteiger partial charge in [-0.25, -0.2) is 12.8 Å². The van der Waals surface area contributed by atoms with E-state index in [2.05, 4.69) is 4.72 Å². The predicted molar refractivity (Wildman–Crippen MR) is 78.2 cm³/mol. The van der Waals surface area contributed by atoms with Crippen molar-refractivity contribution in [3.63, 3.8) is 0 Å². The SMILES string of the molecule is CCn1cc(S(=O)(=O)Nc2cccc(Cl)c2F)cc1CO. The summed E-state index contributed by atoms with van der Waals surface area (Å²) in [6.45, 7) is 2.05. The molecule has 0 aliphatic rings. The molecule has 1 aromatic heterocycles. The molecule has 2 aromatic rings. The quantitative estimate of drug-likeness (QED) is 0.884. The molecule has 0 aliphatic heterocycles. The smallest absolute Gasteiger partial charge is 0.263 e. The van der Waals surface area contributed by atoms with E-state index in [-0.39, 0.29) is 22.2 Å². The lowest BCUT2D eigenvalue weighted by molar-refractivity contribution is 0.271. The number of nitrogens with zero attached hydrogens (tertiary/aromatic N) is 1. The summed E-state index contributed by atoms with van der Waals surface area (Å²) < 4.78 is 42.0. The number of anilines is 1. The summed E-state index contributed by atoms with van der Waals surface area (Å²) in [7, 11) is -3.96. The highest BCUT2D eigenvalue weighted by Gasteiger charge is 2.20. The van der Waals surface area contributed by atoms with Crippen LogP contribution in [0.1, 0.15) is 12.6 Å². The number of halogens is 2. The lowest BCUT2D eigenvalue weighted by atomic mass is 10.3. The minimum Gasteiger partial charge on any atom is -0.390 e. The first-order valence-electron chi connectivity index (χ1n) is 6.15. The minimum atomic E-state index is -3.96. The Kier molecular flexibility index (Phi) is 4.55. The van der Waals surface area contributed by atoms with Gasteiger partial charge in [0.2, 0.25) is 0 Å². The van der Waals surface area contributed by atoms with Crippen LogP contribution in [-0.2, 0) is 23.2 Å². The fraction of sp³-hybridized carbons (Fsp3) is 0.231. The van der Waals surface area contributed by atoms with Gasteiger partial charge in [0.15, 0.2) is 5.82 Å². The normalized spacial score (nSPS) is 11.6. The number of aliphatic hydroxyl groups is 1. The first-order valence-corrected chi connectivity index (χ1v) is 8.02. The molecule has 2 rings (SSSR count). The van der Waals surface area contributed by atoms with Crippen molar-refractivity contribution in [2.24, 2.45) is 0 Å². The summed E-state index contributed by atoms with van der Waals surface area (Å²) in [6, 6.07) is 5.39. The second-order valence-corrected chi connectivity index (χ2v) is 6.41. The van der Waals surface area contributed by atoms with E-state index in [4.69, 9.17) is 11.6 Å². The van der Waals surface area contributed by atoms with Gasteiger partial charge >= 0.3 is 0 Å². The van der Waals surface area contributed by atoms with Crippen LogP contribution in [0.4, 0.5) is 10.1 Å². The van der Waals surface area contributed by atoms with Crippen LogP contribution in [-0.4, -0.2) is 18.1 Å². The Hall–Kier alpha value is -1.57. The van der Waals surface area contributed by atoms with Crippen molar-refractivity contribution in [1.29, 1.82) is 0 Å². The van der Waals surface area contributed by atoms with Gasteiger partial charge in [-0.15, -0.1) is 0 Å². The molecule has 2 N–H and O–H groups in total. The van der Waals surface area contributed by atoms with Crippen LogP contribution in [0.5, 0.6) is 0 Å². The highest BCUT2D eigenvalue weighted by atomic mass is 35.5. The van der Waals surface area contributed by atoms with Gasteiger partial charge in [-0.05, 0) is 25.1 Å². The molecule has 0 fully saturated rings. The van der Waals surface area contributed by atoms with Crippen LogP contribution in [0.15, 0.2) is 35.4 Å². The number of hydrogen-bond donors (Lipinski definition) is 2. The van der Waals surface area contributed by atoms with Gasteiger partial charge in [0.25, 0.3) is 10.0 Å². The van der Waals surface area contributed by atoms with E-state index >= 15 is 0 Å². The zero-order valence-corrected chi connectivity index (χ0v) is 12.7. The largest absolute Gasteiger partial charge is 0.390 e. The number of aromatic nitrogens is 1. The van der Waals surface area contributed by atoms with Crippen LogP contribution < -0.4 is 4.72 Å². The maximum atomic E-state index is 13.8. The number of sulfonamides is 1. The summed E-state index contributed by atoms with van der Waals surface area (Å²) in [5.74, 6) is -0.833. The van der Waals surface area contributed by atoms with Crippen LogP contribution in [0.25, 0.3) is 0 Å². The highest BCUT2D eigenvalue weighted by molar-refractivity contribution is 7.92. The van der Waals surface area contributed by atoms with Gasteiger partial charge in [-0.2, -0.15) is 0 Å². The molecule has 0 radical (unpaired) electrons. The number of aliphatic hydroxyl groups excluding tert-OH is 1. The zero-order valence-electron chi connectivity index (χ0n) is 11.2. The number of rotatable bonds is 5. The van der Waals surface area contributed by atoms with E-state index in [0.29, 0.717) is 12.2 Å². The van der Waals surface area contributed by atoms with E-state index in [1.54, 1.807) is 4.57 Å². The number of nitrogens with one attached hydrogen (secondary N) is 1. The summed E-state index contributed by atoms with van der Waals surface area (Å²) >= 11 is 5.62. The van der Waals surface area contributed by atoms with Crippen molar-refractivity contribution in [2.45, 2.75) is 25.0 Å². The molecule has 21 heavy (non-hydrogen) atoms. The van der Waals surface area contributed by atoms with Gasteiger partial charge in [0.1, 0.15) is 4.90 Å². The van der Waals surface area contributed by atoms with Crippen LogP contribution in [0.3, 0.4) is 0 Å². The van der Waals surface area contributed by atoms with Crippen molar-refractivity contribution in [1.82, 2.24) is 4.57 Å². The first-order chi connectivity index (χ1) is 9.89. The fourth-order valence-corrected chi connectivity index (χ4v) is 3.18. The van der Waals surface area contributed by atoms with Gasteiger partial charge in [-0.3, -0.25) is 4.72 Å². The van der Waals surface area contributed by atoms with Gasteiger partial charge < -0.3 is 9.67 Å². The maximum absolute atomic E-state index is 13.8. The topological polar surface area (TPSA) is 71.3 Å². The maximum Gasteiger partial charge on any atom is 0.263 e. The fourth-order valence-electron chi connectivity index (χ4n) is 1.89. The second-order valence-electron chi connectivity index (χ2n) is 4.32. The Bertz CT molecular complexity index is 737. The van der Waals surface area contributed by atoms with Crippen molar-refractivity contribution >= 4 is 27.3 Å². The number of benzene rings is 1. The molecule has 0 saturated carbocycles.